The van der Waals surface area contributed by atoms with Crippen LogP contribution in [0.2, 0.25) is 0 Å². The van der Waals surface area contributed by atoms with Gasteiger partial charge in [0.1, 0.15) is 3.23 Å². The molecular weight excluding hydrogens is 416 g/mol. The Morgan fingerprint density at radius 2 is 2.00 bits per heavy atom. The topological polar surface area (TPSA) is 26.3 Å². The van der Waals surface area contributed by atoms with Crippen molar-refractivity contribution in [2.45, 2.75) is 14.7 Å². The van der Waals surface area contributed by atoms with Gasteiger partial charge >= 0.3 is 5.97 Å². The number of rotatable bonds is 5. The van der Waals surface area contributed by atoms with Gasteiger partial charge in [-0.1, -0.05) is 68.8 Å². The molecule has 0 aliphatic rings. The third-order valence-corrected chi connectivity index (χ3v) is 5.59. The van der Waals surface area contributed by atoms with Crippen LogP contribution in [0.5, 0.6) is 0 Å². The maximum Gasteiger partial charge on any atom is 0.331 e. The van der Waals surface area contributed by atoms with Crippen LogP contribution < -0.4 is 0 Å². The Morgan fingerprint density at radius 3 is 2.53 bits per heavy atom. The molecule has 0 saturated carbocycles. The van der Waals surface area contributed by atoms with E-state index in [4.69, 9.17) is 4.74 Å². The first-order chi connectivity index (χ1) is 7.95. The highest BCUT2D eigenvalue weighted by molar-refractivity contribution is 9.26. The van der Waals surface area contributed by atoms with Crippen LogP contribution in [0, 0.1) is 0 Å². The average Bonchev–Trinajstić information content (AvgIpc) is 2.29. The lowest BCUT2D eigenvalue weighted by atomic mass is 10.1. The van der Waals surface area contributed by atoms with Gasteiger partial charge in [0.15, 0.2) is 5.01 Å². The molecule has 0 bridgehead atoms. The molecule has 92 valence electrons. The van der Waals surface area contributed by atoms with E-state index >= 15 is 0 Å². The molecule has 0 N–H and O–H groups in total. The SMILES string of the molecule is C=CC(=O)OC(Br)C(Br)(Br)Cc1ccccc1. The van der Waals surface area contributed by atoms with Crippen LogP contribution in [0.1, 0.15) is 5.56 Å². The van der Waals surface area contributed by atoms with Gasteiger partial charge < -0.3 is 4.74 Å². The number of ether oxygens (including phenoxy) is 1. The lowest BCUT2D eigenvalue weighted by Gasteiger charge is -2.25. The maximum atomic E-state index is 11.1. The summed E-state index contributed by atoms with van der Waals surface area (Å²) in [5.41, 5.74) is 1.13. The number of alkyl halides is 3. The fourth-order valence-corrected chi connectivity index (χ4v) is 2.37. The second-order valence-electron chi connectivity index (χ2n) is 3.38. The number of carbonyl (C=O) groups is 1. The van der Waals surface area contributed by atoms with Crippen LogP contribution in [0.3, 0.4) is 0 Å². The largest absolute Gasteiger partial charge is 0.445 e. The maximum absolute atomic E-state index is 11.1. The fourth-order valence-electron chi connectivity index (χ4n) is 1.18. The zero-order valence-corrected chi connectivity index (χ0v) is 13.7. The van der Waals surface area contributed by atoms with Crippen molar-refractivity contribution in [2.24, 2.45) is 0 Å². The minimum absolute atomic E-state index is 0.469. The Morgan fingerprint density at radius 1 is 1.41 bits per heavy atom. The minimum atomic E-state index is -0.556. The van der Waals surface area contributed by atoms with E-state index in [1.807, 2.05) is 30.3 Å². The molecule has 1 unspecified atom stereocenters. The summed E-state index contributed by atoms with van der Waals surface area (Å²) >= 11 is 10.3. The molecule has 0 aliphatic heterocycles. The van der Waals surface area contributed by atoms with Gasteiger partial charge in [0, 0.05) is 12.5 Å². The predicted octanol–water partition coefficient (Wildman–Crippen LogP) is 4.17. The average molecular weight is 427 g/mol. The van der Waals surface area contributed by atoms with E-state index in [2.05, 4.69) is 54.4 Å². The van der Waals surface area contributed by atoms with E-state index in [1.54, 1.807) is 0 Å². The summed E-state index contributed by atoms with van der Waals surface area (Å²) in [6.45, 7) is 3.35. The fraction of sp³-hybridized carbons (Fsp3) is 0.250. The molecule has 0 heterocycles. The van der Waals surface area contributed by atoms with Gasteiger partial charge in [-0.25, -0.2) is 4.79 Å². The van der Waals surface area contributed by atoms with Gasteiger partial charge in [0.25, 0.3) is 0 Å². The molecule has 17 heavy (non-hydrogen) atoms. The Hall–Kier alpha value is -0.130. The summed E-state index contributed by atoms with van der Waals surface area (Å²) in [6.07, 6.45) is 1.79. The lowest BCUT2D eigenvalue weighted by molar-refractivity contribution is -0.139. The van der Waals surface area contributed by atoms with Crippen molar-refractivity contribution in [2.75, 3.05) is 0 Å². The number of hydrogen-bond donors (Lipinski definition) is 0. The highest BCUT2D eigenvalue weighted by Gasteiger charge is 2.34. The highest BCUT2D eigenvalue weighted by atomic mass is 79.9. The molecule has 0 amide bonds. The van der Waals surface area contributed by atoms with E-state index in [9.17, 15) is 4.79 Å². The summed E-state index contributed by atoms with van der Waals surface area (Å²) in [6, 6.07) is 9.89. The number of hydrogen-bond acceptors (Lipinski definition) is 2. The van der Waals surface area contributed by atoms with Crippen LogP contribution >= 0.6 is 47.8 Å². The van der Waals surface area contributed by atoms with Gasteiger partial charge in [-0.2, -0.15) is 0 Å². The highest BCUT2D eigenvalue weighted by Crippen LogP contribution is 2.38. The van der Waals surface area contributed by atoms with Crippen molar-refractivity contribution in [3.8, 4) is 0 Å². The van der Waals surface area contributed by atoms with Crippen LogP contribution in [-0.2, 0) is 16.0 Å². The van der Waals surface area contributed by atoms with Crippen LogP contribution in [-0.4, -0.2) is 14.2 Å². The van der Waals surface area contributed by atoms with Crippen LogP contribution in [0.15, 0.2) is 43.0 Å². The van der Waals surface area contributed by atoms with Crippen molar-refractivity contribution in [1.82, 2.24) is 0 Å². The van der Waals surface area contributed by atoms with Gasteiger partial charge in [-0.15, -0.1) is 0 Å². The van der Waals surface area contributed by atoms with Crippen molar-refractivity contribution in [3.63, 3.8) is 0 Å². The molecule has 0 aromatic heterocycles. The predicted molar refractivity (Wildman–Crippen MR) is 79.7 cm³/mol. The first-order valence-corrected chi connectivity index (χ1v) is 7.35. The van der Waals surface area contributed by atoms with Gasteiger partial charge in [0.2, 0.25) is 0 Å². The molecule has 1 atom stereocenters. The van der Waals surface area contributed by atoms with E-state index in [0.717, 1.165) is 11.6 Å². The number of benzene rings is 1. The van der Waals surface area contributed by atoms with Gasteiger partial charge in [-0.3, -0.25) is 0 Å². The van der Waals surface area contributed by atoms with Gasteiger partial charge in [0.05, 0.1) is 0 Å². The summed E-state index contributed by atoms with van der Waals surface area (Å²) < 4.78 is 4.55. The summed E-state index contributed by atoms with van der Waals surface area (Å²) in [5, 5.41) is -0.499. The third-order valence-electron chi connectivity index (χ3n) is 2.00. The Labute approximate surface area is 126 Å². The molecular formula is C12H11Br3O2. The molecule has 5 heteroatoms. The van der Waals surface area contributed by atoms with Crippen molar-refractivity contribution < 1.29 is 9.53 Å². The minimum Gasteiger partial charge on any atom is -0.445 e. The van der Waals surface area contributed by atoms with E-state index in [0.29, 0.717) is 6.42 Å². The second-order valence-corrected chi connectivity index (χ2v) is 8.11. The normalized spacial score (nSPS) is 12.9. The van der Waals surface area contributed by atoms with E-state index < -0.39 is 14.2 Å². The van der Waals surface area contributed by atoms with Crippen LogP contribution in [0.25, 0.3) is 0 Å². The quantitative estimate of drug-likeness (QED) is 0.401. The summed E-state index contributed by atoms with van der Waals surface area (Å²) in [7, 11) is 0. The summed E-state index contributed by atoms with van der Waals surface area (Å²) in [4.78, 5) is 11.1. The zero-order chi connectivity index (χ0) is 12.9. The van der Waals surface area contributed by atoms with Crippen molar-refractivity contribution >= 4 is 53.8 Å². The molecule has 1 aromatic carbocycles. The Balaban J connectivity index is 2.67. The first-order valence-electron chi connectivity index (χ1n) is 4.84. The smallest absolute Gasteiger partial charge is 0.331 e. The summed E-state index contributed by atoms with van der Waals surface area (Å²) in [5.74, 6) is -0.469. The van der Waals surface area contributed by atoms with Gasteiger partial charge in [-0.05, 0) is 21.5 Å². The van der Waals surface area contributed by atoms with E-state index in [1.165, 1.54) is 0 Å². The molecule has 0 spiro atoms. The first kappa shape index (κ1) is 14.9. The lowest BCUT2D eigenvalue weighted by Crippen LogP contribution is -2.31. The van der Waals surface area contributed by atoms with Crippen LogP contribution in [0.4, 0.5) is 0 Å². The van der Waals surface area contributed by atoms with E-state index in [-0.39, 0.29) is 0 Å². The molecule has 0 radical (unpaired) electrons. The van der Waals surface area contributed by atoms with Crippen molar-refractivity contribution in [1.29, 1.82) is 0 Å². The number of halogens is 3. The number of carbonyl (C=O) groups excluding carboxylic acids is 1. The molecule has 1 rings (SSSR count). The van der Waals surface area contributed by atoms with Crippen molar-refractivity contribution in [3.05, 3.63) is 48.6 Å². The molecule has 0 saturated heterocycles. The number of esters is 1. The second kappa shape index (κ2) is 6.71. The Kier molecular flexibility index (Phi) is 5.89. The molecule has 0 aliphatic carbocycles. The molecule has 1 aromatic rings. The monoisotopic (exact) mass is 424 g/mol. The molecule has 2 nitrogen and oxygen atoms in total. The molecule has 0 fully saturated rings. The Bertz CT molecular complexity index is 390. The zero-order valence-electron chi connectivity index (χ0n) is 8.91. The standard InChI is InChI=1S/C12H11Br3O2/c1-2-10(16)17-11(13)12(14,15)8-9-6-4-3-5-7-9/h2-7,11H,1,8H2. The third kappa shape index (κ3) is 4.94.